The van der Waals surface area contributed by atoms with Gasteiger partial charge in [-0.05, 0) is 42.0 Å². The molecule has 0 aliphatic carbocycles. The molecule has 0 amide bonds. The highest BCUT2D eigenvalue weighted by molar-refractivity contribution is 6.35. The van der Waals surface area contributed by atoms with Gasteiger partial charge in [-0.25, -0.2) is 0 Å². The van der Waals surface area contributed by atoms with Crippen LogP contribution in [0.25, 0.3) is 11.6 Å². The van der Waals surface area contributed by atoms with E-state index in [0.29, 0.717) is 26.9 Å². The number of allylic oxidation sites excluding steroid dienone is 1. The van der Waals surface area contributed by atoms with Gasteiger partial charge in [0.1, 0.15) is 12.4 Å². The van der Waals surface area contributed by atoms with Gasteiger partial charge in [0, 0.05) is 21.2 Å². The van der Waals surface area contributed by atoms with E-state index in [2.05, 4.69) is 12.1 Å². The van der Waals surface area contributed by atoms with Crippen molar-refractivity contribution in [3.05, 3.63) is 99.0 Å². The number of nitrogens with zero attached hydrogens (tertiary/aromatic N) is 2. The molecule has 3 aromatic rings. The van der Waals surface area contributed by atoms with E-state index in [1.807, 2.05) is 30.3 Å². The maximum Gasteiger partial charge on any atom is 0.127 e. The van der Waals surface area contributed by atoms with E-state index >= 15 is 0 Å². The second-order valence-corrected chi connectivity index (χ2v) is 6.76. The van der Waals surface area contributed by atoms with Gasteiger partial charge in [-0.15, -0.1) is 0 Å². The van der Waals surface area contributed by atoms with Gasteiger partial charge in [0.25, 0.3) is 0 Å². The molecule has 0 saturated heterocycles. The van der Waals surface area contributed by atoms with Gasteiger partial charge in [-0.1, -0.05) is 59.6 Å². The SMILES string of the molecule is N#C/C(=C/c1ccccc1OCc1ccc(Cl)cc1Cl)c1ccc(C#N)cc1. The summed E-state index contributed by atoms with van der Waals surface area (Å²) in [5.41, 5.74) is 3.35. The molecule has 3 nitrogen and oxygen atoms in total. The molecule has 0 saturated carbocycles. The summed E-state index contributed by atoms with van der Waals surface area (Å²) >= 11 is 12.1. The summed E-state index contributed by atoms with van der Waals surface area (Å²) in [7, 11) is 0. The van der Waals surface area contributed by atoms with E-state index in [9.17, 15) is 5.26 Å². The summed E-state index contributed by atoms with van der Waals surface area (Å²) in [4.78, 5) is 0. The number of halogens is 2. The third kappa shape index (κ3) is 4.72. The molecule has 3 rings (SSSR count). The van der Waals surface area contributed by atoms with Crippen LogP contribution in [0.3, 0.4) is 0 Å². The Balaban J connectivity index is 1.87. The Morgan fingerprint density at radius 1 is 0.964 bits per heavy atom. The van der Waals surface area contributed by atoms with E-state index in [4.69, 9.17) is 33.2 Å². The number of hydrogen-bond donors (Lipinski definition) is 0. The molecule has 3 aromatic carbocycles. The number of rotatable bonds is 5. The van der Waals surface area contributed by atoms with Crippen molar-refractivity contribution in [1.82, 2.24) is 0 Å². The number of hydrogen-bond acceptors (Lipinski definition) is 3. The van der Waals surface area contributed by atoms with Crippen LogP contribution in [0.1, 0.15) is 22.3 Å². The average Bonchev–Trinajstić information content (AvgIpc) is 2.72. The summed E-state index contributed by atoms with van der Waals surface area (Å²) in [6.07, 6.45) is 1.76. The van der Waals surface area contributed by atoms with Gasteiger partial charge >= 0.3 is 0 Å². The van der Waals surface area contributed by atoms with Crippen molar-refractivity contribution < 1.29 is 4.74 Å². The molecule has 0 atom stereocenters. The molecule has 0 aromatic heterocycles. The molecule has 0 aliphatic rings. The Kier molecular flexibility index (Phi) is 6.35. The van der Waals surface area contributed by atoms with Crippen LogP contribution in [0.5, 0.6) is 5.75 Å². The smallest absolute Gasteiger partial charge is 0.127 e. The van der Waals surface area contributed by atoms with Gasteiger partial charge in [0.2, 0.25) is 0 Å². The third-order valence-corrected chi connectivity index (χ3v) is 4.65. The zero-order valence-electron chi connectivity index (χ0n) is 14.7. The van der Waals surface area contributed by atoms with E-state index in [1.165, 1.54) is 0 Å². The molecule has 0 unspecified atom stereocenters. The molecule has 0 fully saturated rings. The molecule has 0 spiro atoms. The molecule has 0 bridgehead atoms. The highest BCUT2D eigenvalue weighted by Crippen LogP contribution is 2.27. The normalized spacial score (nSPS) is 10.8. The minimum Gasteiger partial charge on any atom is -0.488 e. The predicted molar refractivity (Wildman–Crippen MR) is 112 cm³/mol. The minimum atomic E-state index is 0.277. The fourth-order valence-electron chi connectivity index (χ4n) is 2.59. The molecule has 136 valence electrons. The summed E-state index contributed by atoms with van der Waals surface area (Å²) in [5.74, 6) is 0.634. The lowest BCUT2D eigenvalue weighted by atomic mass is 10.0. The predicted octanol–water partition coefficient (Wildman–Crippen LogP) is 6.51. The van der Waals surface area contributed by atoms with Gasteiger partial charge in [0.05, 0.1) is 23.3 Å². The maximum absolute atomic E-state index is 9.57. The van der Waals surface area contributed by atoms with Crippen LogP contribution in [0.4, 0.5) is 0 Å². The maximum atomic E-state index is 9.57. The number of ether oxygens (including phenoxy) is 1. The third-order valence-electron chi connectivity index (χ3n) is 4.06. The van der Waals surface area contributed by atoms with Crippen LogP contribution in [-0.2, 0) is 6.61 Å². The first kappa shape index (κ1) is 19.5. The van der Waals surface area contributed by atoms with Crippen LogP contribution in [0.15, 0.2) is 66.7 Å². The molecule has 0 N–H and O–H groups in total. The molecule has 0 radical (unpaired) electrons. The molecular formula is C23H14Cl2N2O. The van der Waals surface area contributed by atoms with Crippen LogP contribution < -0.4 is 4.74 Å². The van der Waals surface area contributed by atoms with Gasteiger partial charge in [0.15, 0.2) is 0 Å². The second kappa shape index (κ2) is 9.11. The summed E-state index contributed by atoms with van der Waals surface area (Å²) in [6, 6.07) is 23.9. The number of benzene rings is 3. The fourth-order valence-corrected chi connectivity index (χ4v) is 3.05. The van der Waals surface area contributed by atoms with E-state index in [1.54, 1.807) is 42.5 Å². The lowest BCUT2D eigenvalue weighted by molar-refractivity contribution is 0.305. The first-order chi connectivity index (χ1) is 13.6. The van der Waals surface area contributed by atoms with Crippen molar-refractivity contribution in [2.75, 3.05) is 0 Å². The lowest BCUT2D eigenvalue weighted by Gasteiger charge is -2.11. The summed E-state index contributed by atoms with van der Waals surface area (Å²) < 4.78 is 5.94. The zero-order valence-corrected chi connectivity index (χ0v) is 16.2. The van der Waals surface area contributed by atoms with Crippen molar-refractivity contribution in [2.24, 2.45) is 0 Å². The van der Waals surface area contributed by atoms with Crippen LogP contribution in [0, 0.1) is 22.7 Å². The van der Waals surface area contributed by atoms with E-state index in [0.717, 1.165) is 16.7 Å². The van der Waals surface area contributed by atoms with Crippen molar-refractivity contribution in [3.63, 3.8) is 0 Å². The lowest BCUT2D eigenvalue weighted by Crippen LogP contribution is -1.98. The molecule has 0 aliphatic heterocycles. The number of para-hydroxylation sites is 1. The fraction of sp³-hybridized carbons (Fsp3) is 0.0435. The molecule has 0 heterocycles. The first-order valence-electron chi connectivity index (χ1n) is 8.39. The van der Waals surface area contributed by atoms with Crippen LogP contribution in [-0.4, -0.2) is 0 Å². The molecule has 5 heteroatoms. The first-order valence-corrected chi connectivity index (χ1v) is 9.14. The Labute approximate surface area is 173 Å². The van der Waals surface area contributed by atoms with E-state index < -0.39 is 0 Å². The average molecular weight is 405 g/mol. The Hall–Kier alpha value is -3.24. The Morgan fingerprint density at radius 2 is 1.71 bits per heavy atom. The monoisotopic (exact) mass is 404 g/mol. The topological polar surface area (TPSA) is 56.8 Å². The van der Waals surface area contributed by atoms with Gasteiger partial charge in [-0.2, -0.15) is 10.5 Å². The molecular weight excluding hydrogens is 391 g/mol. The summed E-state index contributed by atoms with van der Waals surface area (Å²) in [6.45, 7) is 0.277. The van der Waals surface area contributed by atoms with Crippen molar-refractivity contribution >= 4 is 34.9 Å². The van der Waals surface area contributed by atoms with Gasteiger partial charge in [-0.3, -0.25) is 0 Å². The highest BCUT2D eigenvalue weighted by Gasteiger charge is 2.07. The quantitative estimate of drug-likeness (QED) is 0.359. The van der Waals surface area contributed by atoms with Crippen molar-refractivity contribution in [3.8, 4) is 17.9 Å². The summed E-state index contributed by atoms with van der Waals surface area (Å²) in [5, 5.41) is 19.6. The van der Waals surface area contributed by atoms with Crippen LogP contribution >= 0.6 is 23.2 Å². The largest absolute Gasteiger partial charge is 0.488 e. The number of nitriles is 2. The minimum absolute atomic E-state index is 0.277. The van der Waals surface area contributed by atoms with E-state index in [-0.39, 0.29) is 6.61 Å². The standard InChI is InChI=1S/C23H14Cl2N2O/c24-21-10-9-19(22(25)12-21)15-28-23-4-2-1-3-18(23)11-20(14-27)17-7-5-16(13-26)6-8-17/h1-12H,15H2/b20-11-. The second-order valence-electron chi connectivity index (χ2n) is 5.92. The highest BCUT2D eigenvalue weighted by atomic mass is 35.5. The van der Waals surface area contributed by atoms with Gasteiger partial charge < -0.3 is 4.74 Å². The van der Waals surface area contributed by atoms with Crippen molar-refractivity contribution in [1.29, 1.82) is 10.5 Å². The Bertz CT molecular complexity index is 1110. The van der Waals surface area contributed by atoms with Crippen molar-refractivity contribution in [2.45, 2.75) is 6.61 Å². The molecule has 28 heavy (non-hydrogen) atoms. The Morgan fingerprint density at radius 3 is 2.39 bits per heavy atom. The van der Waals surface area contributed by atoms with Crippen LogP contribution in [0.2, 0.25) is 10.0 Å². The zero-order chi connectivity index (χ0) is 19.9.